The van der Waals surface area contributed by atoms with Gasteiger partial charge in [-0.2, -0.15) is 0 Å². The maximum atomic E-state index is 12.5. The zero-order chi connectivity index (χ0) is 21.3. The second-order valence-electron chi connectivity index (χ2n) is 6.26. The lowest BCUT2D eigenvalue weighted by molar-refractivity contribution is 0.0977. The molecule has 0 heterocycles. The Morgan fingerprint density at radius 1 is 0.967 bits per heavy atom. The minimum atomic E-state index is -0.320. The van der Waals surface area contributed by atoms with E-state index in [1.807, 2.05) is 61.5 Å². The second kappa shape index (κ2) is 10.8. The molecular formula is C23H21BrN2O3S. The van der Waals surface area contributed by atoms with Gasteiger partial charge in [-0.1, -0.05) is 42.5 Å². The molecule has 0 spiro atoms. The summed E-state index contributed by atoms with van der Waals surface area (Å²) in [4.78, 5) is 12.5. The van der Waals surface area contributed by atoms with E-state index >= 15 is 0 Å². The zero-order valence-corrected chi connectivity index (χ0v) is 18.8. The number of carbonyl (C=O) groups is 1. The molecule has 0 aromatic heterocycles. The molecule has 0 fully saturated rings. The van der Waals surface area contributed by atoms with Crippen molar-refractivity contribution in [1.82, 2.24) is 5.32 Å². The lowest BCUT2D eigenvalue weighted by Gasteiger charge is -2.15. The summed E-state index contributed by atoms with van der Waals surface area (Å²) in [7, 11) is 0. The van der Waals surface area contributed by atoms with E-state index in [9.17, 15) is 4.79 Å². The number of ether oxygens (including phenoxy) is 2. The molecule has 1 amide bonds. The third-order valence-corrected chi connectivity index (χ3v) is 4.92. The minimum absolute atomic E-state index is 0.181. The van der Waals surface area contributed by atoms with Crippen LogP contribution >= 0.6 is 28.1 Å². The van der Waals surface area contributed by atoms with Crippen LogP contribution in [-0.2, 0) is 6.61 Å². The van der Waals surface area contributed by atoms with E-state index in [0.29, 0.717) is 40.4 Å². The van der Waals surface area contributed by atoms with Crippen LogP contribution in [0, 0.1) is 0 Å². The van der Waals surface area contributed by atoms with Crippen LogP contribution in [0.5, 0.6) is 11.5 Å². The second-order valence-corrected chi connectivity index (χ2v) is 7.52. The summed E-state index contributed by atoms with van der Waals surface area (Å²) in [6.07, 6.45) is 0. The van der Waals surface area contributed by atoms with Crippen LogP contribution < -0.4 is 20.1 Å². The molecule has 3 aromatic carbocycles. The number of nitrogens with one attached hydrogen (secondary N) is 2. The van der Waals surface area contributed by atoms with Crippen molar-refractivity contribution in [2.24, 2.45) is 0 Å². The molecule has 3 aromatic rings. The molecule has 0 aliphatic rings. The van der Waals surface area contributed by atoms with Gasteiger partial charge in [-0.05, 0) is 71.0 Å². The van der Waals surface area contributed by atoms with Gasteiger partial charge in [0, 0.05) is 5.56 Å². The largest absolute Gasteiger partial charge is 0.493 e. The van der Waals surface area contributed by atoms with E-state index in [-0.39, 0.29) is 11.0 Å². The van der Waals surface area contributed by atoms with Gasteiger partial charge in [0.2, 0.25) is 0 Å². The van der Waals surface area contributed by atoms with E-state index in [1.165, 1.54) is 0 Å². The predicted octanol–water partition coefficient (Wildman–Crippen LogP) is 5.55. The number of rotatable bonds is 7. The van der Waals surface area contributed by atoms with Crippen molar-refractivity contribution < 1.29 is 14.3 Å². The standard InChI is InChI=1S/C23H21BrN2O3S/c1-2-28-20-13-12-17(14-18(20)24)22(27)26-23(30)25-19-10-6-7-11-21(19)29-15-16-8-4-3-5-9-16/h3-14H,2,15H2,1H3,(H2,25,26,27,30). The van der Waals surface area contributed by atoms with Gasteiger partial charge in [0.15, 0.2) is 5.11 Å². The highest BCUT2D eigenvalue weighted by Crippen LogP contribution is 2.26. The summed E-state index contributed by atoms with van der Waals surface area (Å²) >= 11 is 8.73. The number of carbonyl (C=O) groups excluding carboxylic acids is 1. The zero-order valence-electron chi connectivity index (χ0n) is 16.4. The number of hydrogen-bond acceptors (Lipinski definition) is 4. The van der Waals surface area contributed by atoms with Crippen LogP contribution in [0.1, 0.15) is 22.8 Å². The Labute approximate surface area is 189 Å². The molecule has 0 unspecified atom stereocenters. The molecule has 30 heavy (non-hydrogen) atoms. The molecule has 0 aliphatic heterocycles. The van der Waals surface area contributed by atoms with Crippen molar-refractivity contribution in [3.8, 4) is 11.5 Å². The SMILES string of the molecule is CCOc1ccc(C(=O)NC(=S)Nc2ccccc2OCc2ccccc2)cc1Br. The van der Waals surface area contributed by atoms with Crippen LogP contribution in [0.25, 0.3) is 0 Å². The lowest BCUT2D eigenvalue weighted by atomic mass is 10.2. The molecule has 0 saturated heterocycles. The molecular weight excluding hydrogens is 464 g/mol. The minimum Gasteiger partial charge on any atom is -0.493 e. The van der Waals surface area contributed by atoms with Gasteiger partial charge in [-0.15, -0.1) is 0 Å². The van der Waals surface area contributed by atoms with E-state index in [4.69, 9.17) is 21.7 Å². The van der Waals surface area contributed by atoms with Crippen LogP contribution in [0.4, 0.5) is 5.69 Å². The molecule has 5 nitrogen and oxygen atoms in total. The smallest absolute Gasteiger partial charge is 0.257 e. The Morgan fingerprint density at radius 2 is 1.70 bits per heavy atom. The maximum Gasteiger partial charge on any atom is 0.257 e. The van der Waals surface area contributed by atoms with Crippen LogP contribution in [0.3, 0.4) is 0 Å². The van der Waals surface area contributed by atoms with Gasteiger partial charge >= 0.3 is 0 Å². The third-order valence-electron chi connectivity index (χ3n) is 4.09. The predicted molar refractivity (Wildman–Crippen MR) is 126 cm³/mol. The number of halogens is 1. The molecule has 0 radical (unpaired) electrons. The van der Waals surface area contributed by atoms with E-state index in [1.54, 1.807) is 18.2 Å². The van der Waals surface area contributed by atoms with Crippen LogP contribution in [0.15, 0.2) is 77.3 Å². The maximum absolute atomic E-state index is 12.5. The highest BCUT2D eigenvalue weighted by molar-refractivity contribution is 9.10. The average molecular weight is 485 g/mol. The summed E-state index contributed by atoms with van der Waals surface area (Å²) in [5, 5.41) is 5.90. The molecule has 0 saturated carbocycles. The molecule has 3 rings (SSSR count). The molecule has 0 atom stereocenters. The first-order valence-corrected chi connectivity index (χ1v) is 10.6. The van der Waals surface area contributed by atoms with Crippen molar-refractivity contribution in [3.05, 3.63) is 88.4 Å². The molecule has 7 heteroatoms. The average Bonchev–Trinajstić information content (AvgIpc) is 2.75. The molecule has 0 aliphatic carbocycles. The summed E-state index contributed by atoms with van der Waals surface area (Å²) in [6.45, 7) is 2.88. The van der Waals surface area contributed by atoms with Crippen molar-refractivity contribution in [3.63, 3.8) is 0 Å². The fourth-order valence-electron chi connectivity index (χ4n) is 2.67. The summed E-state index contributed by atoms with van der Waals surface area (Å²) < 4.78 is 12.1. The number of anilines is 1. The summed E-state index contributed by atoms with van der Waals surface area (Å²) in [6, 6.07) is 22.4. The molecule has 154 valence electrons. The molecule has 2 N–H and O–H groups in total. The number of hydrogen-bond donors (Lipinski definition) is 2. The van der Waals surface area contributed by atoms with Crippen LogP contribution in [-0.4, -0.2) is 17.6 Å². The topological polar surface area (TPSA) is 59.6 Å². The lowest BCUT2D eigenvalue weighted by Crippen LogP contribution is -2.34. The Balaban J connectivity index is 1.62. The van der Waals surface area contributed by atoms with Gasteiger partial charge in [0.1, 0.15) is 18.1 Å². The van der Waals surface area contributed by atoms with Gasteiger partial charge in [-0.25, -0.2) is 0 Å². The van der Waals surface area contributed by atoms with Crippen molar-refractivity contribution in [2.45, 2.75) is 13.5 Å². The van der Waals surface area contributed by atoms with Crippen molar-refractivity contribution in [2.75, 3.05) is 11.9 Å². The first-order valence-electron chi connectivity index (χ1n) is 9.37. The van der Waals surface area contributed by atoms with E-state index < -0.39 is 0 Å². The van der Waals surface area contributed by atoms with E-state index in [2.05, 4.69) is 26.6 Å². The first-order chi connectivity index (χ1) is 14.6. The first kappa shape index (κ1) is 21.8. The molecule has 0 bridgehead atoms. The van der Waals surface area contributed by atoms with Gasteiger partial charge in [0.05, 0.1) is 16.8 Å². The van der Waals surface area contributed by atoms with Gasteiger partial charge < -0.3 is 14.8 Å². The van der Waals surface area contributed by atoms with Crippen LogP contribution in [0.2, 0.25) is 0 Å². The number of benzene rings is 3. The Kier molecular flexibility index (Phi) is 7.82. The number of para-hydroxylation sites is 2. The monoisotopic (exact) mass is 484 g/mol. The van der Waals surface area contributed by atoms with E-state index in [0.717, 1.165) is 5.56 Å². The Bertz CT molecular complexity index is 1030. The fraction of sp³-hybridized carbons (Fsp3) is 0.130. The van der Waals surface area contributed by atoms with Crippen molar-refractivity contribution in [1.29, 1.82) is 0 Å². The third kappa shape index (κ3) is 6.05. The summed E-state index contributed by atoms with van der Waals surface area (Å²) in [5.74, 6) is 1.000. The Hall–Kier alpha value is -2.90. The number of amides is 1. The normalized spacial score (nSPS) is 10.2. The highest BCUT2D eigenvalue weighted by Gasteiger charge is 2.12. The number of thiocarbonyl (C=S) groups is 1. The summed E-state index contributed by atoms with van der Waals surface area (Å²) in [5.41, 5.74) is 2.19. The van der Waals surface area contributed by atoms with Gasteiger partial charge in [-0.3, -0.25) is 10.1 Å². The van der Waals surface area contributed by atoms with Crippen molar-refractivity contribution >= 4 is 44.9 Å². The Morgan fingerprint density at radius 3 is 2.43 bits per heavy atom. The van der Waals surface area contributed by atoms with Gasteiger partial charge in [0.25, 0.3) is 5.91 Å². The highest BCUT2D eigenvalue weighted by atomic mass is 79.9. The quantitative estimate of drug-likeness (QED) is 0.430. The fourth-order valence-corrected chi connectivity index (χ4v) is 3.37.